The molecule has 0 amide bonds. The normalized spacial score (nSPS) is 33.3. The molecule has 174 valence electrons. The number of nitrogens with one attached hydrogen (secondary N) is 1. The number of benzene rings is 2. The van der Waals surface area contributed by atoms with Gasteiger partial charge >= 0.3 is 0 Å². The molecule has 2 heteroatoms. The molecule has 3 saturated heterocycles. The Labute approximate surface area is 204 Å². The lowest BCUT2D eigenvalue weighted by atomic mass is 9.61. The van der Waals surface area contributed by atoms with Gasteiger partial charge in [-0.25, -0.2) is 0 Å². The fourth-order valence-corrected chi connectivity index (χ4v) is 8.10. The third-order valence-electron chi connectivity index (χ3n) is 9.69. The van der Waals surface area contributed by atoms with Gasteiger partial charge in [-0.15, -0.1) is 0 Å². The van der Waals surface area contributed by atoms with Crippen LogP contribution in [-0.4, -0.2) is 24.5 Å². The highest BCUT2D eigenvalue weighted by molar-refractivity contribution is 5.76. The summed E-state index contributed by atoms with van der Waals surface area (Å²) in [5, 5.41) is 3.71. The van der Waals surface area contributed by atoms with Gasteiger partial charge in [0.1, 0.15) is 0 Å². The van der Waals surface area contributed by atoms with Gasteiger partial charge in [-0.2, -0.15) is 0 Å². The monoisotopic (exact) mass is 448 g/mol. The fraction of sp³-hybridized carbons (Fsp3) is 0.438. The van der Waals surface area contributed by atoms with Crippen molar-refractivity contribution in [2.24, 2.45) is 17.8 Å². The Balaban J connectivity index is 1.35. The molecule has 0 aromatic heterocycles. The summed E-state index contributed by atoms with van der Waals surface area (Å²) >= 11 is 0. The molecule has 34 heavy (non-hydrogen) atoms. The summed E-state index contributed by atoms with van der Waals surface area (Å²) in [6.07, 6.45) is 17.6. The van der Waals surface area contributed by atoms with Crippen LogP contribution in [0.25, 0.3) is 11.1 Å². The van der Waals surface area contributed by atoms with E-state index in [0.29, 0.717) is 11.8 Å². The first-order valence-corrected chi connectivity index (χ1v) is 13.5. The fourth-order valence-electron chi connectivity index (χ4n) is 8.10. The van der Waals surface area contributed by atoms with Gasteiger partial charge in [0.25, 0.3) is 0 Å². The zero-order chi connectivity index (χ0) is 22.6. The van der Waals surface area contributed by atoms with Crippen LogP contribution in [0.2, 0.25) is 0 Å². The molecule has 2 aromatic carbocycles. The number of hydrogen-bond donors (Lipinski definition) is 1. The SMILES string of the molecule is C[C@@H]1Cc2c(ccc3c2CC[C@H]([C@@H]2CN4CCC2CC4)[C@H]3C2=CC=CC=CN2)-c2ccccc21. The lowest BCUT2D eigenvalue weighted by Gasteiger charge is -2.51. The second-order valence-electron chi connectivity index (χ2n) is 11.3. The Bertz CT molecular complexity index is 1190. The molecular weight excluding hydrogens is 412 g/mol. The van der Waals surface area contributed by atoms with Crippen LogP contribution in [0.15, 0.2) is 72.6 Å². The van der Waals surface area contributed by atoms with Crippen molar-refractivity contribution in [2.45, 2.75) is 50.9 Å². The van der Waals surface area contributed by atoms with Crippen molar-refractivity contribution in [3.8, 4) is 11.1 Å². The smallest absolute Gasteiger partial charge is 0.0275 e. The maximum atomic E-state index is 3.71. The minimum atomic E-state index is 0.472. The lowest BCUT2D eigenvalue weighted by Crippen LogP contribution is -2.51. The van der Waals surface area contributed by atoms with Crippen molar-refractivity contribution in [2.75, 3.05) is 19.6 Å². The standard InChI is InChI=1S/C32H36N2/c1-21-19-29-25(24-8-5-4-7-23(21)24)10-12-27-26(29)11-13-28(30-20-34-17-14-22(30)15-18-34)32(27)31-9-3-2-6-16-33-31/h2-10,12,16,21-22,28,30,32-33H,11,13-15,17-20H2,1H3/t21-,28-,30-,32+/m1/s1. The van der Waals surface area contributed by atoms with Gasteiger partial charge in [0.2, 0.25) is 0 Å². The first-order chi connectivity index (χ1) is 16.8. The summed E-state index contributed by atoms with van der Waals surface area (Å²) < 4.78 is 0. The molecular formula is C32H36N2. The lowest BCUT2D eigenvalue weighted by molar-refractivity contribution is 0.0102. The summed E-state index contributed by atoms with van der Waals surface area (Å²) in [6, 6.07) is 14.1. The predicted molar refractivity (Wildman–Crippen MR) is 141 cm³/mol. The largest absolute Gasteiger partial charge is 0.364 e. The van der Waals surface area contributed by atoms with Gasteiger partial charge in [-0.3, -0.25) is 0 Å². The first-order valence-electron chi connectivity index (χ1n) is 13.5. The van der Waals surface area contributed by atoms with Crippen LogP contribution in [0.4, 0.5) is 0 Å². The summed E-state index contributed by atoms with van der Waals surface area (Å²) in [4.78, 5) is 2.75. The van der Waals surface area contributed by atoms with E-state index in [1.54, 1.807) is 16.7 Å². The van der Waals surface area contributed by atoms with E-state index in [1.807, 2.05) is 0 Å². The number of fused-ring (bicyclic) bond motifs is 8. The molecule has 2 nitrogen and oxygen atoms in total. The number of nitrogens with zero attached hydrogens (tertiary/aromatic N) is 1. The minimum absolute atomic E-state index is 0.472. The maximum absolute atomic E-state index is 3.71. The van der Waals surface area contributed by atoms with Crippen LogP contribution in [-0.2, 0) is 12.8 Å². The molecule has 3 fully saturated rings. The maximum Gasteiger partial charge on any atom is 0.0275 e. The van der Waals surface area contributed by atoms with Crippen molar-refractivity contribution in [3.63, 3.8) is 0 Å². The molecule has 0 radical (unpaired) electrons. The van der Waals surface area contributed by atoms with Gasteiger partial charge in [-0.1, -0.05) is 55.5 Å². The second kappa shape index (κ2) is 8.27. The van der Waals surface area contributed by atoms with E-state index in [4.69, 9.17) is 0 Å². The molecule has 0 spiro atoms. The van der Waals surface area contributed by atoms with E-state index in [1.165, 1.54) is 74.1 Å². The van der Waals surface area contributed by atoms with Crippen LogP contribution < -0.4 is 5.32 Å². The highest BCUT2D eigenvalue weighted by Crippen LogP contribution is 2.52. The van der Waals surface area contributed by atoms with Crippen molar-refractivity contribution < 1.29 is 0 Å². The third-order valence-corrected chi connectivity index (χ3v) is 9.69. The summed E-state index contributed by atoms with van der Waals surface area (Å²) in [5.74, 6) is 3.54. The molecule has 0 unspecified atom stereocenters. The number of hydrogen-bond acceptors (Lipinski definition) is 2. The van der Waals surface area contributed by atoms with E-state index in [0.717, 1.165) is 17.8 Å². The van der Waals surface area contributed by atoms with E-state index in [-0.39, 0.29) is 0 Å². The molecule has 4 aliphatic heterocycles. The second-order valence-corrected chi connectivity index (χ2v) is 11.3. The van der Waals surface area contributed by atoms with Gasteiger partial charge < -0.3 is 10.2 Å². The average molecular weight is 449 g/mol. The van der Waals surface area contributed by atoms with E-state index in [2.05, 4.69) is 84.0 Å². The average Bonchev–Trinajstić information content (AvgIpc) is 3.18. The van der Waals surface area contributed by atoms with Gasteiger partial charge in [0.05, 0.1) is 0 Å². The Morgan fingerprint density at radius 2 is 1.71 bits per heavy atom. The molecule has 4 atom stereocenters. The van der Waals surface area contributed by atoms with Crippen molar-refractivity contribution >= 4 is 0 Å². The van der Waals surface area contributed by atoms with E-state index in [9.17, 15) is 0 Å². The first kappa shape index (κ1) is 20.8. The number of allylic oxidation sites excluding steroid dienone is 5. The minimum Gasteiger partial charge on any atom is -0.364 e. The van der Waals surface area contributed by atoms with E-state index < -0.39 is 0 Å². The topological polar surface area (TPSA) is 15.3 Å². The Kier molecular flexibility index (Phi) is 5.05. The van der Waals surface area contributed by atoms with Gasteiger partial charge in [-0.05, 0) is 114 Å². The van der Waals surface area contributed by atoms with Crippen LogP contribution >= 0.6 is 0 Å². The van der Waals surface area contributed by atoms with Crippen LogP contribution in [0.1, 0.15) is 60.3 Å². The Morgan fingerprint density at radius 3 is 2.56 bits per heavy atom. The van der Waals surface area contributed by atoms with Crippen LogP contribution in [0, 0.1) is 17.8 Å². The molecule has 2 aliphatic carbocycles. The van der Waals surface area contributed by atoms with Crippen LogP contribution in [0.5, 0.6) is 0 Å². The molecule has 6 aliphatic rings. The summed E-state index contributed by atoms with van der Waals surface area (Å²) in [5.41, 5.74) is 10.8. The quantitative estimate of drug-likeness (QED) is 0.560. The molecule has 1 N–H and O–H groups in total. The molecule has 0 saturated carbocycles. The summed E-state index contributed by atoms with van der Waals surface area (Å²) in [6.45, 7) is 6.39. The van der Waals surface area contributed by atoms with Crippen molar-refractivity contribution in [1.82, 2.24) is 10.2 Å². The third kappa shape index (κ3) is 3.26. The van der Waals surface area contributed by atoms with Crippen LogP contribution in [0.3, 0.4) is 0 Å². The predicted octanol–water partition coefficient (Wildman–Crippen LogP) is 6.56. The van der Waals surface area contributed by atoms with Crippen molar-refractivity contribution in [1.29, 1.82) is 0 Å². The molecule has 2 bridgehead atoms. The highest BCUT2D eigenvalue weighted by atomic mass is 15.1. The van der Waals surface area contributed by atoms with Gasteiger partial charge in [0, 0.05) is 24.4 Å². The molecule has 8 rings (SSSR count). The zero-order valence-corrected chi connectivity index (χ0v) is 20.3. The molecule has 2 aromatic rings. The van der Waals surface area contributed by atoms with Crippen molar-refractivity contribution in [3.05, 3.63) is 94.9 Å². The summed E-state index contributed by atoms with van der Waals surface area (Å²) in [7, 11) is 0. The Morgan fingerprint density at radius 1 is 0.824 bits per heavy atom. The molecule has 4 heterocycles. The number of piperidine rings is 3. The van der Waals surface area contributed by atoms with Gasteiger partial charge in [0.15, 0.2) is 0 Å². The Hall–Kier alpha value is -2.58. The number of rotatable bonds is 2. The van der Waals surface area contributed by atoms with E-state index >= 15 is 0 Å². The highest BCUT2D eigenvalue weighted by Gasteiger charge is 2.45. The zero-order valence-electron chi connectivity index (χ0n) is 20.3.